The predicted molar refractivity (Wildman–Crippen MR) is 60.5 cm³/mol. The molecule has 0 aromatic heterocycles. The van der Waals surface area contributed by atoms with Gasteiger partial charge in [0.05, 0.1) is 21.2 Å². The molecule has 0 aliphatic heterocycles. The predicted octanol–water partition coefficient (Wildman–Crippen LogP) is 3.29. The molecule has 0 aliphatic rings. The van der Waals surface area contributed by atoms with E-state index in [1.165, 1.54) is 6.07 Å². The minimum absolute atomic E-state index is 0.0113. The maximum Gasteiger partial charge on any atom is 0.0941 e. The highest BCUT2D eigenvalue weighted by Gasteiger charge is 2.18. The maximum absolute atomic E-state index is 9.51. The molecule has 3 N–H and O–H groups in total. The van der Waals surface area contributed by atoms with E-state index >= 15 is 0 Å². The second kappa shape index (κ2) is 4.88. The summed E-state index contributed by atoms with van der Waals surface area (Å²) in [6.45, 7) is 0.0113. The Kier molecular flexibility index (Phi) is 4.31. The summed E-state index contributed by atoms with van der Waals surface area (Å²) in [4.78, 5) is 0. The summed E-state index contributed by atoms with van der Waals surface area (Å²) in [6.07, 6.45) is -0.940. The van der Waals surface area contributed by atoms with Crippen LogP contribution >= 0.6 is 46.4 Å². The number of nitrogens with two attached hydrogens (primary N) is 1. The van der Waals surface area contributed by atoms with Crippen LogP contribution in [0.2, 0.25) is 20.1 Å². The average Bonchev–Trinajstić information content (AvgIpc) is 2.14. The fraction of sp³-hybridized carbons (Fsp3) is 0.250. The van der Waals surface area contributed by atoms with Gasteiger partial charge in [-0.25, -0.2) is 0 Å². The third-order valence-electron chi connectivity index (χ3n) is 1.71. The zero-order valence-corrected chi connectivity index (χ0v) is 9.92. The highest BCUT2D eigenvalue weighted by molar-refractivity contribution is 6.49. The lowest BCUT2D eigenvalue weighted by Crippen LogP contribution is -2.12. The van der Waals surface area contributed by atoms with Crippen LogP contribution in [0.15, 0.2) is 6.07 Å². The van der Waals surface area contributed by atoms with Crippen molar-refractivity contribution in [3.8, 4) is 0 Å². The number of aliphatic hydroxyl groups excluding tert-OH is 1. The Morgan fingerprint density at radius 3 is 2.21 bits per heavy atom. The first-order valence-corrected chi connectivity index (χ1v) is 5.21. The average molecular weight is 275 g/mol. The van der Waals surface area contributed by atoms with Gasteiger partial charge in [-0.05, 0) is 6.07 Å². The van der Waals surface area contributed by atoms with Crippen molar-refractivity contribution in [2.24, 2.45) is 5.73 Å². The summed E-state index contributed by atoms with van der Waals surface area (Å²) in [5.74, 6) is 0. The summed E-state index contributed by atoms with van der Waals surface area (Å²) < 4.78 is 0. The number of hydrogen-bond acceptors (Lipinski definition) is 2. The van der Waals surface area contributed by atoms with E-state index in [-0.39, 0.29) is 26.6 Å². The van der Waals surface area contributed by atoms with Crippen molar-refractivity contribution < 1.29 is 5.11 Å². The number of rotatable bonds is 2. The molecule has 0 saturated carbocycles. The van der Waals surface area contributed by atoms with E-state index in [9.17, 15) is 5.11 Å². The molecule has 0 spiro atoms. The molecule has 0 radical (unpaired) electrons. The van der Waals surface area contributed by atoms with Crippen LogP contribution in [0.25, 0.3) is 0 Å². The molecular formula is C8H7Cl4NO. The van der Waals surface area contributed by atoms with Gasteiger partial charge in [0.25, 0.3) is 0 Å². The fourth-order valence-electron chi connectivity index (χ4n) is 1.00. The van der Waals surface area contributed by atoms with Gasteiger partial charge in [0, 0.05) is 17.1 Å². The van der Waals surface area contributed by atoms with Crippen molar-refractivity contribution in [2.45, 2.75) is 6.10 Å². The van der Waals surface area contributed by atoms with Gasteiger partial charge in [-0.3, -0.25) is 0 Å². The summed E-state index contributed by atoms with van der Waals surface area (Å²) >= 11 is 23.2. The van der Waals surface area contributed by atoms with Crippen LogP contribution in [0.4, 0.5) is 0 Å². The van der Waals surface area contributed by atoms with Gasteiger partial charge < -0.3 is 10.8 Å². The van der Waals surface area contributed by atoms with Crippen molar-refractivity contribution in [1.82, 2.24) is 0 Å². The first-order valence-electron chi connectivity index (χ1n) is 3.70. The molecule has 6 heteroatoms. The second-order valence-corrected chi connectivity index (χ2v) is 4.20. The Bertz CT molecular complexity index is 356. The number of hydrogen-bond donors (Lipinski definition) is 2. The molecule has 14 heavy (non-hydrogen) atoms. The molecule has 0 aliphatic carbocycles. The Morgan fingerprint density at radius 2 is 1.71 bits per heavy atom. The van der Waals surface area contributed by atoms with E-state index < -0.39 is 6.10 Å². The summed E-state index contributed by atoms with van der Waals surface area (Å²) in [5.41, 5.74) is 5.60. The van der Waals surface area contributed by atoms with E-state index in [0.29, 0.717) is 5.56 Å². The minimum Gasteiger partial charge on any atom is -0.387 e. The highest BCUT2D eigenvalue weighted by atomic mass is 35.5. The van der Waals surface area contributed by atoms with Crippen LogP contribution in [0, 0.1) is 0 Å². The van der Waals surface area contributed by atoms with E-state index in [4.69, 9.17) is 52.1 Å². The summed E-state index contributed by atoms with van der Waals surface area (Å²) in [6, 6.07) is 1.42. The smallest absolute Gasteiger partial charge is 0.0941 e. The van der Waals surface area contributed by atoms with Gasteiger partial charge in [-0.2, -0.15) is 0 Å². The Morgan fingerprint density at radius 1 is 1.14 bits per heavy atom. The first-order chi connectivity index (χ1) is 6.49. The lowest BCUT2D eigenvalue weighted by molar-refractivity contribution is 0.187. The topological polar surface area (TPSA) is 46.2 Å². The van der Waals surface area contributed by atoms with Crippen LogP contribution in [0.1, 0.15) is 11.7 Å². The van der Waals surface area contributed by atoms with Crippen molar-refractivity contribution in [3.05, 3.63) is 31.7 Å². The molecule has 1 atom stereocenters. The number of aliphatic hydroxyl groups is 1. The fourth-order valence-corrected chi connectivity index (χ4v) is 2.18. The van der Waals surface area contributed by atoms with Crippen LogP contribution in [-0.2, 0) is 0 Å². The Labute approximate surface area is 102 Å². The van der Waals surface area contributed by atoms with Gasteiger partial charge in [-0.1, -0.05) is 46.4 Å². The largest absolute Gasteiger partial charge is 0.387 e. The molecule has 0 bridgehead atoms. The van der Waals surface area contributed by atoms with Crippen molar-refractivity contribution in [1.29, 1.82) is 0 Å². The van der Waals surface area contributed by atoms with E-state index in [2.05, 4.69) is 0 Å². The molecule has 0 amide bonds. The van der Waals surface area contributed by atoms with Crippen molar-refractivity contribution in [3.63, 3.8) is 0 Å². The molecule has 1 aromatic rings. The van der Waals surface area contributed by atoms with Gasteiger partial charge >= 0.3 is 0 Å². The molecule has 78 valence electrons. The monoisotopic (exact) mass is 273 g/mol. The second-order valence-electron chi connectivity index (χ2n) is 2.63. The van der Waals surface area contributed by atoms with Gasteiger partial charge in [0.1, 0.15) is 0 Å². The Hall–Kier alpha value is 0.300. The quantitative estimate of drug-likeness (QED) is 0.642. The van der Waals surface area contributed by atoms with Gasteiger partial charge in [0.2, 0.25) is 0 Å². The maximum atomic E-state index is 9.51. The number of benzene rings is 1. The zero-order chi connectivity index (χ0) is 10.9. The Balaban J connectivity index is 3.36. The standard InChI is InChI=1S/C8H7Cl4NO/c9-3-1-4(10)7(11)8(12)6(3)5(14)2-13/h1,5,14H,2,13H2/t5-/m0/s1. The minimum atomic E-state index is -0.940. The molecule has 0 unspecified atom stereocenters. The normalized spacial score (nSPS) is 13.0. The van der Waals surface area contributed by atoms with E-state index in [1.807, 2.05) is 0 Å². The SMILES string of the molecule is NC[C@H](O)c1c(Cl)cc(Cl)c(Cl)c1Cl. The lowest BCUT2D eigenvalue weighted by Gasteiger charge is -2.14. The molecule has 0 fully saturated rings. The summed E-state index contributed by atoms with van der Waals surface area (Å²) in [7, 11) is 0. The van der Waals surface area contributed by atoms with Crippen LogP contribution < -0.4 is 5.73 Å². The molecule has 0 heterocycles. The third kappa shape index (κ3) is 2.27. The summed E-state index contributed by atoms with van der Waals surface area (Å²) in [5, 5.41) is 10.3. The zero-order valence-electron chi connectivity index (χ0n) is 6.90. The van der Waals surface area contributed by atoms with E-state index in [0.717, 1.165) is 0 Å². The molecule has 2 nitrogen and oxygen atoms in total. The number of halogens is 4. The van der Waals surface area contributed by atoms with Crippen LogP contribution in [-0.4, -0.2) is 11.7 Å². The van der Waals surface area contributed by atoms with Gasteiger partial charge in [-0.15, -0.1) is 0 Å². The molecule has 1 rings (SSSR count). The van der Waals surface area contributed by atoms with Crippen molar-refractivity contribution in [2.75, 3.05) is 6.54 Å². The third-order valence-corrected chi connectivity index (χ3v) is 3.30. The molecule has 0 saturated heterocycles. The lowest BCUT2D eigenvalue weighted by atomic mass is 10.1. The molecular weight excluding hydrogens is 268 g/mol. The van der Waals surface area contributed by atoms with Crippen LogP contribution in [0.5, 0.6) is 0 Å². The first kappa shape index (κ1) is 12.4. The van der Waals surface area contributed by atoms with Gasteiger partial charge in [0.15, 0.2) is 0 Å². The van der Waals surface area contributed by atoms with E-state index in [1.54, 1.807) is 0 Å². The highest BCUT2D eigenvalue weighted by Crippen LogP contribution is 2.39. The molecule has 1 aromatic carbocycles. The van der Waals surface area contributed by atoms with Crippen LogP contribution in [0.3, 0.4) is 0 Å². The van der Waals surface area contributed by atoms with Crippen molar-refractivity contribution >= 4 is 46.4 Å².